The topological polar surface area (TPSA) is 73.1 Å². The van der Waals surface area contributed by atoms with Gasteiger partial charge in [-0.05, 0) is 25.1 Å². The summed E-state index contributed by atoms with van der Waals surface area (Å²) in [5.74, 6) is -0.456. The number of hydrogen-bond acceptors (Lipinski definition) is 3. The van der Waals surface area contributed by atoms with Crippen molar-refractivity contribution in [2.24, 2.45) is 0 Å². The molecule has 0 unspecified atom stereocenters. The minimum atomic E-state index is -0.294. The molecular formula is C14H15N3O3. The van der Waals surface area contributed by atoms with E-state index in [-0.39, 0.29) is 17.4 Å². The monoisotopic (exact) mass is 273 g/mol. The Kier molecular flexibility index (Phi) is 3.56. The number of amides is 1. The first-order chi connectivity index (χ1) is 9.40. The smallest absolute Gasteiger partial charge is 0.272 e. The molecule has 1 heterocycles. The molecule has 104 valence electrons. The Morgan fingerprint density at radius 2 is 1.85 bits per heavy atom. The summed E-state index contributed by atoms with van der Waals surface area (Å²) in [6.07, 6.45) is 0. The lowest BCUT2D eigenvalue weighted by molar-refractivity contribution is -0.114. The third-order valence-electron chi connectivity index (χ3n) is 2.78. The minimum absolute atomic E-state index is 0.201. The maximum Gasteiger partial charge on any atom is 0.272 e. The molecule has 0 aliphatic heterocycles. The Hall–Kier alpha value is -2.63. The number of benzene rings is 1. The van der Waals surface area contributed by atoms with Crippen LogP contribution in [0, 0.1) is 6.92 Å². The van der Waals surface area contributed by atoms with Gasteiger partial charge in [-0.2, -0.15) is 0 Å². The van der Waals surface area contributed by atoms with Crippen molar-refractivity contribution in [1.82, 2.24) is 9.36 Å². The van der Waals surface area contributed by atoms with E-state index in [9.17, 15) is 14.4 Å². The number of anilines is 1. The number of rotatable bonds is 2. The molecule has 0 bridgehead atoms. The van der Waals surface area contributed by atoms with Crippen LogP contribution in [0.2, 0.25) is 0 Å². The van der Waals surface area contributed by atoms with Crippen LogP contribution in [-0.2, 0) is 4.79 Å². The lowest BCUT2D eigenvalue weighted by Gasteiger charge is -2.11. The van der Waals surface area contributed by atoms with E-state index in [4.69, 9.17) is 0 Å². The summed E-state index contributed by atoms with van der Waals surface area (Å²) in [6.45, 7) is 4.48. The van der Waals surface area contributed by atoms with Crippen LogP contribution in [-0.4, -0.2) is 21.2 Å². The molecule has 1 aromatic heterocycles. The summed E-state index contributed by atoms with van der Waals surface area (Å²) in [5, 5.41) is 2.64. The summed E-state index contributed by atoms with van der Waals surface area (Å²) in [6, 6.07) is 8.16. The van der Waals surface area contributed by atoms with Crippen LogP contribution in [0.3, 0.4) is 0 Å². The lowest BCUT2D eigenvalue weighted by Crippen LogP contribution is -2.25. The van der Waals surface area contributed by atoms with Crippen molar-refractivity contribution in [3.63, 3.8) is 0 Å². The summed E-state index contributed by atoms with van der Waals surface area (Å²) in [7, 11) is 0. The van der Waals surface area contributed by atoms with Crippen molar-refractivity contribution in [1.29, 1.82) is 0 Å². The first kappa shape index (κ1) is 13.8. The van der Waals surface area contributed by atoms with Gasteiger partial charge in [0.2, 0.25) is 11.8 Å². The average molecular weight is 273 g/mol. The largest absolute Gasteiger partial charge is 0.326 e. The van der Waals surface area contributed by atoms with E-state index in [1.54, 1.807) is 31.2 Å². The molecule has 1 amide bonds. The Bertz CT molecular complexity index is 740. The zero-order valence-electron chi connectivity index (χ0n) is 11.5. The molecule has 1 N–H and O–H groups in total. The Balaban J connectivity index is 2.60. The van der Waals surface area contributed by atoms with E-state index in [2.05, 4.69) is 5.32 Å². The maximum absolute atomic E-state index is 12.0. The van der Waals surface area contributed by atoms with Crippen molar-refractivity contribution in [2.75, 3.05) is 5.32 Å². The second-order valence-corrected chi connectivity index (χ2v) is 4.50. The van der Waals surface area contributed by atoms with Crippen molar-refractivity contribution < 1.29 is 9.59 Å². The molecule has 1 aromatic carbocycles. The van der Waals surface area contributed by atoms with E-state index in [1.165, 1.54) is 29.3 Å². The summed E-state index contributed by atoms with van der Waals surface area (Å²) in [5.41, 5.74) is 1.35. The van der Waals surface area contributed by atoms with Gasteiger partial charge in [0.1, 0.15) is 0 Å². The highest BCUT2D eigenvalue weighted by molar-refractivity contribution is 5.89. The predicted octanol–water partition coefficient (Wildman–Crippen LogP) is 1.57. The van der Waals surface area contributed by atoms with Gasteiger partial charge < -0.3 is 5.32 Å². The normalized spacial score (nSPS) is 10.3. The molecule has 0 aliphatic carbocycles. The molecule has 0 spiro atoms. The van der Waals surface area contributed by atoms with Crippen LogP contribution in [0.1, 0.15) is 24.3 Å². The fourth-order valence-electron chi connectivity index (χ4n) is 2.11. The summed E-state index contributed by atoms with van der Waals surface area (Å²) in [4.78, 5) is 34.7. The molecular weight excluding hydrogens is 258 g/mol. The first-order valence-electron chi connectivity index (χ1n) is 6.11. The van der Waals surface area contributed by atoms with E-state index < -0.39 is 0 Å². The Morgan fingerprint density at radius 1 is 1.15 bits per heavy atom. The number of carbonyl (C=O) groups excluding carboxylic acids is 2. The van der Waals surface area contributed by atoms with Gasteiger partial charge in [0.15, 0.2) is 0 Å². The minimum Gasteiger partial charge on any atom is -0.326 e. The first-order valence-corrected chi connectivity index (χ1v) is 6.11. The number of nitrogens with one attached hydrogen (secondary N) is 1. The number of hydrogen-bond donors (Lipinski definition) is 1. The van der Waals surface area contributed by atoms with E-state index in [1.807, 2.05) is 0 Å². The fraction of sp³-hybridized carbons (Fsp3) is 0.214. The molecule has 2 aromatic rings. The van der Waals surface area contributed by atoms with Crippen LogP contribution in [0.5, 0.6) is 0 Å². The van der Waals surface area contributed by atoms with Crippen LogP contribution < -0.4 is 10.9 Å². The number of nitrogens with zero attached hydrogens (tertiary/aromatic N) is 2. The number of aryl methyl sites for hydroxylation is 1. The van der Waals surface area contributed by atoms with Gasteiger partial charge in [-0.15, -0.1) is 0 Å². The number of carbonyl (C=O) groups is 2. The summed E-state index contributed by atoms with van der Waals surface area (Å²) < 4.78 is 2.58. The molecule has 0 saturated carbocycles. The summed E-state index contributed by atoms with van der Waals surface area (Å²) >= 11 is 0. The third-order valence-corrected chi connectivity index (χ3v) is 2.78. The second kappa shape index (κ2) is 5.16. The Morgan fingerprint density at radius 3 is 2.45 bits per heavy atom. The van der Waals surface area contributed by atoms with Crippen LogP contribution >= 0.6 is 0 Å². The quantitative estimate of drug-likeness (QED) is 0.902. The molecule has 6 nitrogen and oxygen atoms in total. The standard InChI is InChI=1S/C14H15N3O3/c1-9-7-14(20)17(16(9)11(3)19)13-6-4-5-12(8-13)15-10(2)18/h4-8H,1-3H3,(H,15,18). The molecule has 0 atom stereocenters. The Labute approximate surface area is 115 Å². The molecule has 20 heavy (non-hydrogen) atoms. The third kappa shape index (κ3) is 2.54. The van der Waals surface area contributed by atoms with Crippen molar-refractivity contribution in [2.45, 2.75) is 20.8 Å². The van der Waals surface area contributed by atoms with Crippen LogP contribution in [0.15, 0.2) is 35.1 Å². The molecule has 0 fully saturated rings. The molecule has 0 radical (unpaired) electrons. The predicted molar refractivity (Wildman–Crippen MR) is 75.4 cm³/mol. The average Bonchev–Trinajstić information content (AvgIpc) is 2.63. The maximum atomic E-state index is 12.0. The van der Waals surface area contributed by atoms with Gasteiger partial charge in [0.05, 0.1) is 5.69 Å². The highest BCUT2D eigenvalue weighted by Gasteiger charge is 2.13. The zero-order valence-corrected chi connectivity index (χ0v) is 11.5. The second-order valence-electron chi connectivity index (χ2n) is 4.50. The lowest BCUT2D eigenvalue weighted by atomic mass is 10.3. The molecule has 0 aliphatic rings. The van der Waals surface area contributed by atoms with Gasteiger partial charge >= 0.3 is 0 Å². The fourth-order valence-corrected chi connectivity index (χ4v) is 2.11. The highest BCUT2D eigenvalue weighted by atomic mass is 16.2. The van der Waals surface area contributed by atoms with Gasteiger partial charge in [-0.1, -0.05) is 6.07 Å². The van der Waals surface area contributed by atoms with Crippen LogP contribution in [0.4, 0.5) is 5.69 Å². The van der Waals surface area contributed by atoms with E-state index in [0.29, 0.717) is 17.1 Å². The van der Waals surface area contributed by atoms with Gasteiger partial charge in [-0.3, -0.25) is 14.4 Å². The van der Waals surface area contributed by atoms with E-state index >= 15 is 0 Å². The molecule has 2 rings (SSSR count). The van der Waals surface area contributed by atoms with Crippen molar-refractivity contribution in [3.05, 3.63) is 46.4 Å². The SMILES string of the molecule is CC(=O)Nc1cccc(-n2c(=O)cc(C)n2C(C)=O)c1. The van der Waals surface area contributed by atoms with Crippen LogP contribution in [0.25, 0.3) is 5.69 Å². The highest BCUT2D eigenvalue weighted by Crippen LogP contribution is 2.14. The van der Waals surface area contributed by atoms with Gasteiger partial charge in [0, 0.05) is 31.3 Å². The van der Waals surface area contributed by atoms with E-state index in [0.717, 1.165) is 0 Å². The van der Waals surface area contributed by atoms with Gasteiger partial charge in [-0.25, -0.2) is 9.36 Å². The van der Waals surface area contributed by atoms with Crippen molar-refractivity contribution >= 4 is 17.5 Å². The van der Waals surface area contributed by atoms with Crippen molar-refractivity contribution in [3.8, 4) is 5.69 Å². The number of aromatic nitrogens is 2. The zero-order chi connectivity index (χ0) is 14.9. The molecule has 6 heteroatoms. The van der Waals surface area contributed by atoms with Gasteiger partial charge in [0.25, 0.3) is 5.56 Å². The molecule has 0 saturated heterocycles.